The summed E-state index contributed by atoms with van der Waals surface area (Å²) in [6.45, 7) is 5.66. The van der Waals surface area contributed by atoms with Crippen molar-refractivity contribution in [1.82, 2.24) is 29.0 Å². The van der Waals surface area contributed by atoms with Crippen molar-refractivity contribution in [1.29, 1.82) is 5.26 Å². The second kappa shape index (κ2) is 11.5. The number of aryl methyl sites for hydroxylation is 2. The normalized spacial score (nSPS) is 17.6. The van der Waals surface area contributed by atoms with Gasteiger partial charge < -0.3 is 10.0 Å². The zero-order valence-corrected chi connectivity index (χ0v) is 27.5. The first-order chi connectivity index (χ1) is 23.6. The molecule has 0 radical (unpaired) electrons. The largest absolute Gasteiger partial charge is 0.508 e. The van der Waals surface area contributed by atoms with Crippen LogP contribution in [0.15, 0.2) is 84.0 Å². The molecule has 6 aromatic rings. The van der Waals surface area contributed by atoms with Crippen molar-refractivity contribution in [3.05, 3.63) is 107 Å². The van der Waals surface area contributed by atoms with E-state index >= 15 is 0 Å². The van der Waals surface area contributed by atoms with Crippen LogP contribution in [0, 0.1) is 31.0 Å². The molecular formula is C36H31FN8O3S. The van der Waals surface area contributed by atoms with Crippen molar-refractivity contribution in [2.75, 3.05) is 18.0 Å². The number of benzene rings is 2. The first-order valence-electron chi connectivity index (χ1n) is 15.8. The van der Waals surface area contributed by atoms with E-state index in [1.54, 1.807) is 42.6 Å². The molecule has 2 unspecified atom stereocenters. The van der Waals surface area contributed by atoms with Crippen LogP contribution in [0.4, 0.5) is 10.2 Å². The number of rotatable bonds is 7. The monoisotopic (exact) mass is 674 g/mol. The van der Waals surface area contributed by atoms with Crippen LogP contribution in [-0.4, -0.2) is 67.7 Å². The standard InChI is InChI=1S/C36H31FN8O3S/c1-21-3-7-29(8-4-21)49(47,48)45-32(31-11-22(2)41-42-31)14-30-35(25(15-38)17-40-36(30)45)23-5-10-34(39-16-23)43-19-27-13-28(20-43)44(27)18-24-12-26(37)6-9-33(24)46/h3-12,14,16-17,27-28,46H,13,18-20H2,1-2H3,(H,41,42). The van der Waals surface area contributed by atoms with Gasteiger partial charge in [-0.05, 0) is 74.9 Å². The summed E-state index contributed by atoms with van der Waals surface area (Å²) in [6, 6.07) is 20.7. The van der Waals surface area contributed by atoms with Crippen LogP contribution in [0.1, 0.15) is 28.8 Å². The lowest BCUT2D eigenvalue weighted by Gasteiger charge is -2.56. The van der Waals surface area contributed by atoms with Crippen LogP contribution >= 0.6 is 0 Å². The third-order valence-corrected chi connectivity index (χ3v) is 11.3. The summed E-state index contributed by atoms with van der Waals surface area (Å²) in [5.41, 5.74) is 4.64. The number of hydrogen-bond acceptors (Lipinski definition) is 9. The molecule has 9 rings (SSSR count). The Morgan fingerprint density at radius 3 is 2.45 bits per heavy atom. The molecule has 3 saturated heterocycles. The number of piperidine rings is 1. The van der Waals surface area contributed by atoms with Crippen molar-refractivity contribution in [3.8, 4) is 34.3 Å². The van der Waals surface area contributed by atoms with E-state index in [0.717, 1.165) is 36.6 Å². The highest BCUT2D eigenvalue weighted by Crippen LogP contribution is 2.40. The van der Waals surface area contributed by atoms with Gasteiger partial charge in [0.05, 0.1) is 16.2 Å². The van der Waals surface area contributed by atoms with Crippen molar-refractivity contribution in [3.63, 3.8) is 0 Å². The summed E-state index contributed by atoms with van der Waals surface area (Å²) in [6.07, 6.45) is 4.12. The fourth-order valence-electron chi connectivity index (χ4n) is 7.04. The minimum atomic E-state index is -4.12. The van der Waals surface area contributed by atoms with E-state index in [2.05, 4.69) is 31.1 Å². The molecule has 11 nitrogen and oxygen atoms in total. The molecule has 246 valence electrons. The SMILES string of the molecule is Cc1ccc(S(=O)(=O)n2c(-c3cc(C)[nH]n3)cc3c(-c4ccc(N5CC6CC(C5)N6Cc5cc(F)ccc5O)nc4)c(C#N)cnc32)cc1. The van der Waals surface area contributed by atoms with Gasteiger partial charge >= 0.3 is 0 Å². The number of phenols is 1. The predicted octanol–water partition coefficient (Wildman–Crippen LogP) is 5.52. The van der Waals surface area contributed by atoms with Gasteiger partial charge in [-0.25, -0.2) is 26.7 Å². The molecule has 49 heavy (non-hydrogen) atoms. The average molecular weight is 675 g/mol. The number of piperazine rings is 1. The Hall–Kier alpha value is -5.58. The number of nitrogens with one attached hydrogen (secondary N) is 1. The van der Waals surface area contributed by atoms with E-state index in [4.69, 9.17) is 4.98 Å². The van der Waals surface area contributed by atoms with Crippen molar-refractivity contribution in [2.24, 2.45) is 0 Å². The number of hydrogen-bond donors (Lipinski definition) is 2. The number of aromatic hydroxyl groups is 1. The van der Waals surface area contributed by atoms with Crippen molar-refractivity contribution in [2.45, 2.75) is 43.8 Å². The minimum absolute atomic E-state index is 0.0946. The maximum absolute atomic E-state index is 14.2. The van der Waals surface area contributed by atoms with Gasteiger partial charge in [-0.1, -0.05) is 17.7 Å². The van der Waals surface area contributed by atoms with E-state index in [1.807, 2.05) is 26.0 Å². The zero-order chi connectivity index (χ0) is 34.0. The van der Waals surface area contributed by atoms with Gasteiger partial charge in [-0.3, -0.25) is 10.00 Å². The van der Waals surface area contributed by atoms with E-state index in [9.17, 15) is 23.2 Å². The number of pyridine rings is 2. The lowest BCUT2D eigenvalue weighted by molar-refractivity contribution is -0.00921. The summed E-state index contributed by atoms with van der Waals surface area (Å²) in [4.78, 5) is 13.9. The Labute approximate surface area is 282 Å². The molecule has 0 aliphatic carbocycles. The maximum atomic E-state index is 14.2. The van der Waals surface area contributed by atoms with Crippen LogP contribution in [-0.2, 0) is 16.6 Å². The molecular weight excluding hydrogens is 644 g/mol. The van der Waals surface area contributed by atoms with Crippen LogP contribution in [0.5, 0.6) is 5.75 Å². The molecule has 7 heterocycles. The van der Waals surface area contributed by atoms with Crippen molar-refractivity contribution >= 4 is 26.9 Å². The number of nitriles is 1. The first kappa shape index (κ1) is 30.7. The molecule has 0 spiro atoms. The summed E-state index contributed by atoms with van der Waals surface area (Å²) >= 11 is 0. The lowest BCUT2D eigenvalue weighted by atomic mass is 9.86. The molecule has 4 aromatic heterocycles. The Morgan fingerprint density at radius 1 is 1.00 bits per heavy atom. The van der Waals surface area contributed by atoms with Crippen LogP contribution in [0.3, 0.4) is 0 Å². The number of aromatic nitrogens is 5. The van der Waals surface area contributed by atoms with Gasteiger partial charge in [0.1, 0.15) is 29.1 Å². The summed E-state index contributed by atoms with van der Waals surface area (Å²) < 4.78 is 43.4. The molecule has 3 aliphatic rings. The number of nitrogens with zero attached hydrogens (tertiary/aromatic N) is 7. The number of anilines is 1. The number of phenolic OH excluding ortho intramolecular Hbond substituents is 1. The van der Waals surface area contributed by atoms with E-state index in [0.29, 0.717) is 40.0 Å². The molecule has 13 heteroatoms. The molecule has 0 saturated carbocycles. The fourth-order valence-corrected chi connectivity index (χ4v) is 8.51. The topological polar surface area (TPSA) is 144 Å². The highest BCUT2D eigenvalue weighted by atomic mass is 32.2. The van der Waals surface area contributed by atoms with E-state index in [1.165, 1.54) is 28.4 Å². The number of fused-ring (bicyclic) bond motifs is 3. The van der Waals surface area contributed by atoms with Gasteiger partial charge in [0.15, 0.2) is 5.65 Å². The molecule has 2 aromatic carbocycles. The van der Waals surface area contributed by atoms with Gasteiger partial charge in [-0.2, -0.15) is 10.4 Å². The van der Waals surface area contributed by atoms with Gasteiger partial charge in [-0.15, -0.1) is 0 Å². The molecule has 2 bridgehead atoms. The second-order valence-electron chi connectivity index (χ2n) is 12.7. The molecule has 2 N–H and O–H groups in total. The molecule has 3 fully saturated rings. The summed E-state index contributed by atoms with van der Waals surface area (Å²) in [7, 11) is -4.12. The van der Waals surface area contributed by atoms with Gasteiger partial charge in [0.2, 0.25) is 0 Å². The third-order valence-electron chi connectivity index (χ3n) is 9.54. The Morgan fingerprint density at radius 2 is 1.78 bits per heavy atom. The highest BCUT2D eigenvalue weighted by Gasteiger charge is 2.45. The zero-order valence-electron chi connectivity index (χ0n) is 26.7. The number of H-pyrrole nitrogens is 1. The highest BCUT2D eigenvalue weighted by molar-refractivity contribution is 7.90. The second-order valence-corrected chi connectivity index (χ2v) is 14.5. The Kier molecular flexibility index (Phi) is 7.24. The Bertz CT molecular complexity index is 2390. The van der Waals surface area contributed by atoms with Crippen LogP contribution in [0.25, 0.3) is 33.5 Å². The summed E-state index contributed by atoms with van der Waals surface area (Å²) in [5, 5.41) is 28.1. The number of halogens is 1. The average Bonchev–Trinajstić information content (AvgIpc) is 3.72. The first-order valence-corrected chi connectivity index (χ1v) is 17.3. The fraction of sp³-hybridized carbons (Fsp3) is 0.222. The minimum Gasteiger partial charge on any atom is -0.508 e. The van der Waals surface area contributed by atoms with E-state index in [-0.39, 0.29) is 39.8 Å². The molecule has 2 atom stereocenters. The van der Waals surface area contributed by atoms with E-state index < -0.39 is 10.0 Å². The number of aromatic amines is 1. The third kappa shape index (κ3) is 5.20. The van der Waals surface area contributed by atoms with Gasteiger partial charge in [0.25, 0.3) is 10.0 Å². The van der Waals surface area contributed by atoms with Crippen LogP contribution < -0.4 is 4.90 Å². The molecule has 3 aliphatic heterocycles. The summed E-state index contributed by atoms with van der Waals surface area (Å²) in [5.74, 6) is 0.507. The van der Waals surface area contributed by atoms with Crippen LogP contribution in [0.2, 0.25) is 0 Å². The van der Waals surface area contributed by atoms with Crippen molar-refractivity contribution < 1.29 is 17.9 Å². The molecule has 0 amide bonds. The van der Waals surface area contributed by atoms with Gasteiger partial charge in [0, 0.05) is 71.9 Å². The lowest BCUT2D eigenvalue weighted by Crippen LogP contribution is -2.68. The predicted molar refractivity (Wildman–Crippen MR) is 182 cm³/mol. The quantitative estimate of drug-likeness (QED) is 0.224. The maximum Gasteiger partial charge on any atom is 0.269 e. The Balaban J connectivity index is 1.15. The smallest absolute Gasteiger partial charge is 0.269 e.